The van der Waals surface area contributed by atoms with Crippen molar-refractivity contribution in [3.05, 3.63) is 28.2 Å². The quantitative estimate of drug-likeness (QED) is 0.722. The standard InChI is InChI=1S/C18H20Cl2O3/c19-14-1-2-16(15(20)6-14)22-10-17(21)23-18-7-11-3-12(8-18)5-13(4-11)9-18/h1-2,6,11-13H,3-5,7-10H2. The second-order valence-electron chi connectivity index (χ2n) is 7.44. The number of hydrogen-bond acceptors (Lipinski definition) is 3. The van der Waals surface area contributed by atoms with Gasteiger partial charge in [0, 0.05) is 5.02 Å². The molecule has 4 saturated carbocycles. The Morgan fingerprint density at radius 1 is 1.09 bits per heavy atom. The smallest absolute Gasteiger partial charge is 0.344 e. The lowest BCUT2D eigenvalue weighted by molar-refractivity contribution is -0.188. The Bertz CT molecular complexity index is 593. The van der Waals surface area contributed by atoms with Crippen molar-refractivity contribution in [2.45, 2.75) is 44.1 Å². The molecule has 0 spiro atoms. The average molecular weight is 355 g/mol. The molecule has 4 aliphatic carbocycles. The summed E-state index contributed by atoms with van der Waals surface area (Å²) in [5.41, 5.74) is -0.223. The van der Waals surface area contributed by atoms with Crippen LogP contribution in [0.15, 0.2) is 18.2 Å². The molecule has 0 amide bonds. The highest BCUT2D eigenvalue weighted by Crippen LogP contribution is 2.57. The number of rotatable bonds is 4. The van der Waals surface area contributed by atoms with Crippen molar-refractivity contribution < 1.29 is 14.3 Å². The largest absolute Gasteiger partial charge is 0.480 e. The first-order valence-corrected chi connectivity index (χ1v) is 9.07. The number of halogens is 2. The van der Waals surface area contributed by atoms with E-state index < -0.39 is 0 Å². The molecule has 0 N–H and O–H groups in total. The highest BCUT2D eigenvalue weighted by molar-refractivity contribution is 6.35. The maximum Gasteiger partial charge on any atom is 0.344 e. The molecule has 0 radical (unpaired) electrons. The molecule has 1 aromatic rings. The third kappa shape index (κ3) is 3.18. The summed E-state index contributed by atoms with van der Waals surface area (Å²) >= 11 is 11.9. The highest BCUT2D eigenvalue weighted by atomic mass is 35.5. The van der Waals surface area contributed by atoms with Crippen LogP contribution in [0.4, 0.5) is 0 Å². The van der Waals surface area contributed by atoms with E-state index >= 15 is 0 Å². The fourth-order valence-electron chi connectivity index (χ4n) is 5.16. The second-order valence-corrected chi connectivity index (χ2v) is 8.28. The maximum absolute atomic E-state index is 12.3. The minimum atomic E-state index is -0.294. The van der Waals surface area contributed by atoms with Gasteiger partial charge in [0.25, 0.3) is 0 Å². The molecule has 0 heterocycles. The number of benzene rings is 1. The lowest BCUT2D eigenvalue weighted by Gasteiger charge is -2.55. The van der Waals surface area contributed by atoms with Crippen LogP contribution in [-0.4, -0.2) is 18.2 Å². The highest BCUT2D eigenvalue weighted by Gasteiger charge is 2.53. The van der Waals surface area contributed by atoms with E-state index in [-0.39, 0.29) is 18.2 Å². The lowest BCUT2D eigenvalue weighted by atomic mass is 9.54. The van der Waals surface area contributed by atoms with E-state index in [2.05, 4.69) is 0 Å². The van der Waals surface area contributed by atoms with E-state index in [0.717, 1.165) is 37.0 Å². The summed E-state index contributed by atoms with van der Waals surface area (Å²) < 4.78 is 11.4. The van der Waals surface area contributed by atoms with E-state index in [0.29, 0.717) is 15.8 Å². The van der Waals surface area contributed by atoms with E-state index in [1.165, 1.54) is 19.3 Å². The number of carbonyl (C=O) groups excluding carboxylic acids is 1. The summed E-state index contributed by atoms with van der Waals surface area (Å²) in [5, 5.41) is 0.943. The first-order valence-electron chi connectivity index (χ1n) is 8.31. The van der Waals surface area contributed by atoms with Gasteiger partial charge in [-0.25, -0.2) is 4.79 Å². The molecular formula is C18H20Cl2O3. The van der Waals surface area contributed by atoms with Gasteiger partial charge in [0.1, 0.15) is 11.4 Å². The molecule has 4 bridgehead atoms. The fraction of sp³-hybridized carbons (Fsp3) is 0.611. The summed E-state index contributed by atoms with van der Waals surface area (Å²) in [7, 11) is 0. The molecule has 124 valence electrons. The van der Waals surface area contributed by atoms with Gasteiger partial charge < -0.3 is 9.47 Å². The van der Waals surface area contributed by atoms with Crippen LogP contribution in [0.5, 0.6) is 5.75 Å². The molecule has 0 unspecified atom stereocenters. The van der Waals surface area contributed by atoms with Gasteiger partial charge in [-0.2, -0.15) is 0 Å². The van der Waals surface area contributed by atoms with Gasteiger partial charge in [-0.3, -0.25) is 0 Å². The zero-order valence-electron chi connectivity index (χ0n) is 12.9. The van der Waals surface area contributed by atoms with Crippen LogP contribution in [0, 0.1) is 17.8 Å². The van der Waals surface area contributed by atoms with Gasteiger partial charge in [-0.05, 0) is 74.5 Å². The topological polar surface area (TPSA) is 35.5 Å². The van der Waals surface area contributed by atoms with Crippen molar-refractivity contribution in [3.63, 3.8) is 0 Å². The molecular weight excluding hydrogens is 335 g/mol. The van der Waals surface area contributed by atoms with Crippen molar-refractivity contribution in [2.75, 3.05) is 6.61 Å². The Hall–Kier alpha value is -0.930. The molecule has 1 aromatic carbocycles. The second kappa shape index (κ2) is 5.86. The van der Waals surface area contributed by atoms with Crippen LogP contribution < -0.4 is 4.74 Å². The van der Waals surface area contributed by atoms with Gasteiger partial charge in [-0.15, -0.1) is 0 Å². The minimum absolute atomic E-state index is 0.108. The summed E-state index contributed by atoms with van der Waals surface area (Å²) in [6.45, 7) is -0.108. The Morgan fingerprint density at radius 2 is 1.70 bits per heavy atom. The Balaban J connectivity index is 1.37. The summed E-state index contributed by atoms with van der Waals surface area (Å²) in [5.74, 6) is 2.42. The molecule has 5 rings (SSSR count). The van der Waals surface area contributed by atoms with Crippen molar-refractivity contribution in [3.8, 4) is 5.75 Å². The Morgan fingerprint density at radius 3 is 2.26 bits per heavy atom. The van der Waals surface area contributed by atoms with Crippen LogP contribution in [0.3, 0.4) is 0 Å². The average Bonchev–Trinajstić information content (AvgIpc) is 2.44. The summed E-state index contributed by atoms with van der Waals surface area (Å²) in [6, 6.07) is 4.96. The van der Waals surface area contributed by atoms with Crippen molar-refractivity contribution in [2.24, 2.45) is 17.8 Å². The van der Waals surface area contributed by atoms with Gasteiger partial charge in [0.2, 0.25) is 0 Å². The van der Waals surface area contributed by atoms with E-state index in [4.69, 9.17) is 32.7 Å². The normalized spacial score (nSPS) is 34.4. The molecule has 0 aromatic heterocycles. The number of ether oxygens (including phenoxy) is 2. The predicted molar refractivity (Wildman–Crippen MR) is 89.0 cm³/mol. The monoisotopic (exact) mass is 354 g/mol. The van der Waals surface area contributed by atoms with E-state index in [1.54, 1.807) is 18.2 Å². The molecule has 3 nitrogen and oxygen atoms in total. The summed E-state index contributed by atoms with van der Waals surface area (Å²) in [4.78, 5) is 12.3. The van der Waals surface area contributed by atoms with Crippen molar-refractivity contribution in [1.29, 1.82) is 0 Å². The zero-order chi connectivity index (χ0) is 16.0. The molecule has 0 aliphatic heterocycles. The summed E-state index contributed by atoms with van der Waals surface area (Å²) in [6.07, 6.45) is 7.08. The predicted octanol–water partition coefficient (Wildman–Crippen LogP) is 4.88. The minimum Gasteiger partial charge on any atom is -0.480 e. The molecule has 23 heavy (non-hydrogen) atoms. The Labute approximate surface area is 146 Å². The van der Waals surface area contributed by atoms with Gasteiger partial charge >= 0.3 is 5.97 Å². The number of hydrogen-bond donors (Lipinski definition) is 0. The first-order chi connectivity index (χ1) is 11.0. The lowest BCUT2D eigenvalue weighted by Crippen LogP contribution is -2.53. The molecule has 0 saturated heterocycles. The maximum atomic E-state index is 12.3. The van der Waals surface area contributed by atoms with Crippen LogP contribution in [0.25, 0.3) is 0 Å². The first kappa shape index (κ1) is 15.6. The molecule has 4 aliphatic rings. The van der Waals surface area contributed by atoms with Crippen LogP contribution >= 0.6 is 23.2 Å². The van der Waals surface area contributed by atoms with Crippen LogP contribution in [-0.2, 0) is 9.53 Å². The fourth-order valence-corrected chi connectivity index (χ4v) is 5.62. The van der Waals surface area contributed by atoms with E-state index in [9.17, 15) is 4.79 Å². The molecule has 5 heteroatoms. The van der Waals surface area contributed by atoms with E-state index in [1.807, 2.05) is 0 Å². The Kier molecular flexibility index (Phi) is 3.97. The molecule has 0 atom stereocenters. The van der Waals surface area contributed by atoms with Gasteiger partial charge in [0.15, 0.2) is 6.61 Å². The number of carbonyl (C=O) groups is 1. The third-order valence-electron chi connectivity index (χ3n) is 5.55. The number of esters is 1. The van der Waals surface area contributed by atoms with Crippen molar-refractivity contribution in [1.82, 2.24) is 0 Å². The third-order valence-corrected chi connectivity index (χ3v) is 6.08. The van der Waals surface area contributed by atoms with Crippen LogP contribution in [0.2, 0.25) is 10.0 Å². The SMILES string of the molecule is O=C(COc1ccc(Cl)cc1Cl)OC12CC3CC(CC(C3)C1)C2. The molecule has 4 fully saturated rings. The zero-order valence-corrected chi connectivity index (χ0v) is 14.4. The van der Waals surface area contributed by atoms with Crippen molar-refractivity contribution >= 4 is 29.2 Å². The van der Waals surface area contributed by atoms with Crippen LogP contribution in [0.1, 0.15) is 38.5 Å². The van der Waals surface area contributed by atoms with Gasteiger partial charge in [-0.1, -0.05) is 23.2 Å². The van der Waals surface area contributed by atoms with Gasteiger partial charge in [0.05, 0.1) is 5.02 Å².